The van der Waals surface area contributed by atoms with Crippen LogP contribution in [0.25, 0.3) is 0 Å². The van der Waals surface area contributed by atoms with Crippen LogP contribution < -0.4 is 0 Å². The van der Waals surface area contributed by atoms with E-state index in [-0.39, 0.29) is 17.6 Å². The molecule has 6 heteroatoms. The van der Waals surface area contributed by atoms with Crippen LogP contribution in [-0.2, 0) is 20.8 Å². The molecule has 0 aromatic carbocycles. The number of aromatic nitrogens is 1. The number of hydrogen-bond donors (Lipinski definition) is 0. The quantitative estimate of drug-likeness (QED) is 0.727. The van der Waals surface area contributed by atoms with Crippen molar-refractivity contribution in [2.75, 3.05) is 27.8 Å². The van der Waals surface area contributed by atoms with Crippen LogP contribution in [0.4, 0.5) is 0 Å². The van der Waals surface area contributed by atoms with Gasteiger partial charge in [0.05, 0.1) is 25.8 Å². The Hall–Kier alpha value is -1.95. The third kappa shape index (κ3) is 4.62. The lowest BCUT2D eigenvalue weighted by molar-refractivity contribution is -0.145. The Bertz CT molecular complexity index is 476. The summed E-state index contributed by atoms with van der Waals surface area (Å²) in [5, 5.41) is 0. The molecule has 0 amide bonds. The second kappa shape index (κ2) is 7.59. The first-order valence-corrected chi connectivity index (χ1v) is 6.28. The third-order valence-corrected chi connectivity index (χ3v) is 2.82. The molecule has 0 aliphatic carbocycles. The third-order valence-electron chi connectivity index (χ3n) is 2.82. The smallest absolute Gasteiger partial charge is 0.356 e. The molecule has 1 unspecified atom stereocenters. The van der Waals surface area contributed by atoms with Gasteiger partial charge in [0.1, 0.15) is 5.69 Å². The number of hydrogen-bond acceptors (Lipinski definition) is 6. The van der Waals surface area contributed by atoms with Crippen molar-refractivity contribution < 1.29 is 19.1 Å². The number of carbonyl (C=O) groups excluding carboxylic acids is 2. The van der Waals surface area contributed by atoms with Crippen LogP contribution in [-0.4, -0.2) is 49.6 Å². The van der Waals surface area contributed by atoms with Gasteiger partial charge >= 0.3 is 11.9 Å². The number of carbonyl (C=O) groups is 2. The van der Waals surface area contributed by atoms with E-state index in [4.69, 9.17) is 0 Å². The minimum atomic E-state index is -0.461. The molecule has 110 valence electrons. The zero-order valence-electron chi connectivity index (χ0n) is 12.3. The Kier molecular flexibility index (Phi) is 6.11. The summed E-state index contributed by atoms with van der Waals surface area (Å²) in [6, 6.07) is 5.18. The molecule has 0 N–H and O–H groups in total. The second-order valence-corrected chi connectivity index (χ2v) is 4.63. The highest BCUT2D eigenvalue weighted by atomic mass is 16.5. The van der Waals surface area contributed by atoms with E-state index >= 15 is 0 Å². The molecule has 1 rings (SSSR count). The lowest BCUT2D eigenvalue weighted by Crippen LogP contribution is -2.29. The molecule has 0 aliphatic rings. The fourth-order valence-corrected chi connectivity index (χ4v) is 1.87. The van der Waals surface area contributed by atoms with Gasteiger partial charge in [-0.25, -0.2) is 9.78 Å². The normalized spacial score (nSPS) is 12.1. The van der Waals surface area contributed by atoms with Crippen molar-refractivity contribution in [3.8, 4) is 0 Å². The summed E-state index contributed by atoms with van der Waals surface area (Å²) in [7, 11) is 4.58. The predicted molar refractivity (Wildman–Crippen MR) is 73.1 cm³/mol. The Balaban J connectivity index is 2.64. The van der Waals surface area contributed by atoms with E-state index in [1.807, 2.05) is 18.0 Å². The Morgan fingerprint density at radius 2 is 2.00 bits per heavy atom. The van der Waals surface area contributed by atoms with Crippen molar-refractivity contribution in [1.29, 1.82) is 0 Å². The zero-order valence-corrected chi connectivity index (χ0v) is 12.3. The molecule has 0 fully saturated rings. The molecule has 1 aromatic rings. The first-order valence-electron chi connectivity index (χ1n) is 6.28. The number of methoxy groups -OCH3 is 2. The van der Waals surface area contributed by atoms with Gasteiger partial charge < -0.3 is 9.47 Å². The second-order valence-electron chi connectivity index (χ2n) is 4.63. The summed E-state index contributed by atoms with van der Waals surface area (Å²) in [5.74, 6) is -0.917. The average Bonchev–Trinajstić information content (AvgIpc) is 2.45. The van der Waals surface area contributed by atoms with Gasteiger partial charge in [-0.3, -0.25) is 9.69 Å². The summed E-state index contributed by atoms with van der Waals surface area (Å²) in [4.78, 5) is 28.9. The van der Waals surface area contributed by atoms with Gasteiger partial charge in [-0.2, -0.15) is 0 Å². The number of rotatable bonds is 6. The highest BCUT2D eigenvalue weighted by Gasteiger charge is 2.16. The zero-order chi connectivity index (χ0) is 15.1. The van der Waals surface area contributed by atoms with Gasteiger partial charge in [-0.05, 0) is 19.2 Å². The Morgan fingerprint density at radius 1 is 1.30 bits per heavy atom. The van der Waals surface area contributed by atoms with Gasteiger partial charge in [0.15, 0.2) is 0 Å². The van der Waals surface area contributed by atoms with Gasteiger partial charge in [0.2, 0.25) is 0 Å². The summed E-state index contributed by atoms with van der Waals surface area (Å²) in [5.41, 5.74) is 1.02. The summed E-state index contributed by atoms with van der Waals surface area (Å²) in [6.45, 7) is 2.89. The van der Waals surface area contributed by atoms with Crippen molar-refractivity contribution in [2.24, 2.45) is 5.92 Å². The van der Waals surface area contributed by atoms with Crippen molar-refractivity contribution in [2.45, 2.75) is 13.5 Å². The highest BCUT2D eigenvalue weighted by Crippen LogP contribution is 2.07. The van der Waals surface area contributed by atoms with E-state index in [9.17, 15) is 9.59 Å². The summed E-state index contributed by atoms with van der Waals surface area (Å²) < 4.78 is 9.32. The van der Waals surface area contributed by atoms with E-state index < -0.39 is 5.97 Å². The molecular formula is C14H20N2O4. The van der Waals surface area contributed by atoms with E-state index in [1.165, 1.54) is 14.2 Å². The minimum absolute atomic E-state index is 0.214. The minimum Gasteiger partial charge on any atom is -0.469 e. The predicted octanol–water partition coefficient (Wildman–Crippen LogP) is 1.11. The van der Waals surface area contributed by atoms with Crippen molar-refractivity contribution in [1.82, 2.24) is 9.88 Å². The van der Waals surface area contributed by atoms with E-state index in [2.05, 4.69) is 14.5 Å². The maximum Gasteiger partial charge on any atom is 0.356 e. The number of ether oxygens (including phenoxy) is 2. The Morgan fingerprint density at radius 3 is 2.60 bits per heavy atom. The molecule has 20 heavy (non-hydrogen) atoms. The molecule has 0 aliphatic heterocycles. The lowest BCUT2D eigenvalue weighted by Gasteiger charge is -2.19. The molecule has 6 nitrogen and oxygen atoms in total. The molecular weight excluding hydrogens is 260 g/mol. The van der Waals surface area contributed by atoms with Gasteiger partial charge in [-0.15, -0.1) is 0 Å². The van der Waals surface area contributed by atoms with Crippen LogP contribution >= 0.6 is 0 Å². The van der Waals surface area contributed by atoms with E-state index in [0.717, 1.165) is 5.69 Å². The molecule has 0 bridgehead atoms. The highest BCUT2D eigenvalue weighted by molar-refractivity contribution is 5.87. The van der Waals surface area contributed by atoms with Gasteiger partial charge in [0.25, 0.3) is 0 Å². The van der Waals surface area contributed by atoms with Crippen LogP contribution in [0.1, 0.15) is 23.1 Å². The standard InChI is InChI=1S/C14H20N2O4/c1-10(13(17)19-3)8-16(2)9-11-6-5-7-12(15-11)14(18)20-4/h5-7,10H,8-9H2,1-4H3. The molecule has 1 atom stereocenters. The maximum atomic E-state index is 11.4. The monoisotopic (exact) mass is 280 g/mol. The van der Waals surface area contributed by atoms with Crippen molar-refractivity contribution in [3.63, 3.8) is 0 Å². The van der Waals surface area contributed by atoms with Crippen molar-refractivity contribution in [3.05, 3.63) is 29.6 Å². The largest absolute Gasteiger partial charge is 0.469 e. The fourth-order valence-electron chi connectivity index (χ4n) is 1.87. The Labute approximate surface area is 118 Å². The van der Waals surface area contributed by atoms with Crippen LogP contribution in [0.15, 0.2) is 18.2 Å². The fraction of sp³-hybridized carbons (Fsp3) is 0.500. The molecule has 0 saturated heterocycles. The first-order chi connectivity index (χ1) is 9.47. The van der Waals surface area contributed by atoms with Gasteiger partial charge in [-0.1, -0.05) is 13.0 Å². The molecule has 1 aromatic heterocycles. The molecule has 0 radical (unpaired) electrons. The van der Waals surface area contributed by atoms with Crippen LogP contribution in [0, 0.1) is 5.92 Å². The topological polar surface area (TPSA) is 68.7 Å². The van der Waals surface area contributed by atoms with Crippen LogP contribution in [0.2, 0.25) is 0 Å². The van der Waals surface area contributed by atoms with Crippen LogP contribution in [0.3, 0.4) is 0 Å². The summed E-state index contributed by atoms with van der Waals surface area (Å²) in [6.07, 6.45) is 0. The van der Waals surface area contributed by atoms with E-state index in [0.29, 0.717) is 13.1 Å². The number of nitrogens with zero attached hydrogens (tertiary/aromatic N) is 2. The lowest BCUT2D eigenvalue weighted by atomic mass is 10.1. The maximum absolute atomic E-state index is 11.4. The van der Waals surface area contributed by atoms with Crippen molar-refractivity contribution >= 4 is 11.9 Å². The van der Waals surface area contributed by atoms with Crippen LogP contribution in [0.5, 0.6) is 0 Å². The summed E-state index contributed by atoms with van der Waals surface area (Å²) >= 11 is 0. The molecule has 0 saturated carbocycles. The first kappa shape index (κ1) is 16.1. The molecule has 1 heterocycles. The number of pyridine rings is 1. The molecule has 0 spiro atoms. The number of esters is 2. The van der Waals surface area contributed by atoms with E-state index in [1.54, 1.807) is 19.1 Å². The average molecular weight is 280 g/mol. The van der Waals surface area contributed by atoms with Gasteiger partial charge in [0, 0.05) is 13.1 Å². The SMILES string of the molecule is COC(=O)c1cccc(CN(C)CC(C)C(=O)OC)n1.